The number of sulfonamides is 1. The summed E-state index contributed by atoms with van der Waals surface area (Å²) >= 11 is 9.18. The standard InChI is InChI=1S/C19H26ClN3O3S3/c1-19(26-4)10-12-23(13-11-19)18-14(20)6-5-7-15(18)21-28-16-8-9-17(27-16)29(24,25)22(2)3/h5-9,21H,10-13H2,1-4H3. The van der Waals surface area contributed by atoms with Crippen LogP contribution in [0.4, 0.5) is 11.4 Å². The molecule has 1 aromatic carbocycles. The van der Waals surface area contributed by atoms with Gasteiger partial charge < -0.3 is 14.4 Å². The maximum Gasteiger partial charge on any atom is 0.252 e. The van der Waals surface area contributed by atoms with Gasteiger partial charge in [-0.3, -0.25) is 0 Å². The molecule has 1 aliphatic rings. The Morgan fingerprint density at radius 1 is 1.24 bits per heavy atom. The van der Waals surface area contributed by atoms with Gasteiger partial charge in [-0.2, -0.15) is 0 Å². The van der Waals surface area contributed by atoms with Gasteiger partial charge in [-0.15, -0.1) is 11.3 Å². The third-order valence-electron chi connectivity index (χ3n) is 5.17. The van der Waals surface area contributed by atoms with E-state index in [4.69, 9.17) is 16.3 Å². The van der Waals surface area contributed by atoms with Crippen molar-refractivity contribution >= 4 is 56.3 Å². The van der Waals surface area contributed by atoms with Crippen molar-refractivity contribution in [3.63, 3.8) is 0 Å². The molecular weight excluding hydrogens is 450 g/mol. The second kappa shape index (κ2) is 9.03. The summed E-state index contributed by atoms with van der Waals surface area (Å²) in [5, 5.41) is 0.693. The highest BCUT2D eigenvalue weighted by atomic mass is 35.5. The molecule has 10 heteroatoms. The molecule has 0 aliphatic carbocycles. The van der Waals surface area contributed by atoms with Crippen LogP contribution in [0, 0.1) is 0 Å². The van der Waals surface area contributed by atoms with Gasteiger partial charge in [-0.25, -0.2) is 12.7 Å². The first-order valence-electron chi connectivity index (χ1n) is 9.20. The van der Waals surface area contributed by atoms with E-state index in [2.05, 4.69) is 16.5 Å². The van der Waals surface area contributed by atoms with Crippen LogP contribution in [0.25, 0.3) is 0 Å². The van der Waals surface area contributed by atoms with Gasteiger partial charge in [0.25, 0.3) is 10.0 Å². The molecule has 0 radical (unpaired) electrons. The van der Waals surface area contributed by atoms with Crippen LogP contribution in [0.3, 0.4) is 0 Å². The Bertz CT molecular complexity index is 955. The molecule has 160 valence electrons. The summed E-state index contributed by atoms with van der Waals surface area (Å²) in [5.41, 5.74) is 1.79. The topological polar surface area (TPSA) is 61.9 Å². The summed E-state index contributed by atoms with van der Waals surface area (Å²) in [4.78, 5) is 2.28. The monoisotopic (exact) mass is 475 g/mol. The molecule has 0 saturated carbocycles. The van der Waals surface area contributed by atoms with Crippen LogP contribution in [-0.4, -0.2) is 52.6 Å². The van der Waals surface area contributed by atoms with Gasteiger partial charge in [-0.1, -0.05) is 17.7 Å². The minimum absolute atomic E-state index is 0.0919. The van der Waals surface area contributed by atoms with Gasteiger partial charge >= 0.3 is 0 Å². The number of nitrogens with zero attached hydrogens (tertiary/aromatic N) is 2. The number of para-hydroxylation sites is 1. The molecule has 1 aromatic heterocycles. The SMILES string of the molecule is COC1(C)CCN(c2c(Cl)cccc2NSc2ccc(S(=O)(=O)N(C)C)s2)CC1. The largest absolute Gasteiger partial charge is 0.378 e. The van der Waals surface area contributed by atoms with E-state index in [1.54, 1.807) is 13.2 Å². The van der Waals surface area contributed by atoms with Crippen LogP contribution in [0.1, 0.15) is 19.8 Å². The maximum atomic E-state index is 12.3. The lowest BCUT2D eigenvalue weighted by molar-refractivity contribution is -0.0132. The van der Waals surface area contributed by atoms with Crippen molar-refractivity contribution in [2.75, 3.05) is 43.9 Å². The molecule has 1 aliphatic heterocycles. The molecule has 3 rings (SSSR count). The molecule has 1 N–H and O–H groups in total. The zero-order chi connectivity index (χ0) is 21.2. The smallest absolute Gasteiger partial charge is 0.252 e. The highest BCUT2D eigenvalue weighted by Gasteiger charge is 2.31. The molecule has 29 heavy (non-hydrogen) atoms. The minimum atomic E-state index is -3.42. The highest BCUT2D eigenvalue weighted by Crippen LogP contribution is 2.40. The van der Waals surface area contributed by atoms with Crippen molar-refractivity contribution < 1.29 is 13.2 Å². The van der Waals surface area contributed by atoms with Crippen LogP contribution in [0.5, 0.6) is 0 Å². The molecule has 0 bridgehead atoms. The predicted molar refractivity (Wildman–Crippen MR) is 123 cm³/mol. The number of thiophene rings is 1. The van der Waals surface area contributed by atoms with E-state index in [1.165, 1.54) is 41.7 Å². The van der Waals surface area contributed by atoms with Gasteiger partial charge in [0.05, 0.1) is 26.2 Å². The molecule has 0 spiro atoms. The van der Waals surface area contributed by atoms with E-state index >= 15 is 0 Å². The van der Waals surface area contributed by atoms with E-state index in [9.17, 15) is 8.42 Å². The average molecular weight is 476 g/mol. The van der Waals surface area contributed by atoms with E-state index < -0.39 is 10.0 Å². The lowest BCUT2D eigenvalue weighted by Gasteiger charge is -2.40. The van der Waals surface area contributed by atoms with Crippen molar-refractivity contribution in [3.8, 4) is 0 Å². The van der Waals surface area contributed by atoms with Crippen LogP contribution in [0.15, 0.2) is 38.8 Å². The second-order valence-electron chi connectivity index (χ2n) is 7.34. The number of hydrogen-bond donors (Lipinski definition) is 1. The number of anilines is 2. The Hall–Kier alpha value is -0.970. The summed E-state index contributed by atoms with van der Waals surface area (Å²) in [5.74, 6) is 0. The number of rotatable bonds is 7. The third-order valence-corrected chi connectivity index (χ3v) is 9.80. The average Bonchev–Trinajstić information content (AvgIpc) is 3.17. The predicted octanol–water partition coefficient (Wildman–Crippen LogP) is 4.78. The van der Waals surface area contributed by atoms with Gasteiger partial charge in [0.1, 0.15) is 4.21 Å². The summed E-state index contributed by atoms with van der Waals surface area (Å²) < 4.78 is 36.0. The number of hydrogen-bond acceptors (Lipinski definition) is 7. The van der Waals surface area contributed by atoms with Crippen LogP contribution >= 0.6 is 34.9 Å². The molecule has 0 unspecified atom stereocenters. The fourth-order valence-corrected chi connectivity index (χ4v) is 6.84. The normalized spacial score (nSPS) is 17.0. The lowest BCUT2D eigenvalue weighted by Crippen LogP contribution is -2.44. The number of ether oxygens (including phenoxy) is 1. The van der Waals surface area contributed by atoms with Crippen molar-refractivity contribution in [1.29, 1.82) is 0 Å². The molecule has 6 nitrogen and oxygen atoms in total. The van der Waals surface area contributed by atoms with Gasteiger partial charge in [-0.05, 0) is 56.0 Å². The number of halogens is 1. The Morgan fingerprint density at radius 2 is 1.93 bits per heavy atom. The van der Waals surface area contributed by atoms with E-state index in [1.807, 2.05) is 24.3 Å². The van der Waals surface area contributed by atoms with Gasteiger partial charge in [0, 0.05) is 34.3 Å². The molecular formula is C19H26ClN3O3S3. The molecule has 2 aromatic rings. The third kappa shape index (κ3) is 5.03. The van der Waals surface area contributed by atoms with Crippen LogP contribution < -0.4 is 9.62 Å². The quantitative estimate of drug-likeness (QED) is 0.581. The minimum Gasteiger partial charge on any atom is -0.378 e. The summed E-state index contributed by atoms with van der Waals surface area (Å²) in [7, 11) is 1.42. The first-order valence-corrected chi connectivity index (χ1v) is 12.7. The summed E-state index contributed by atoms with van der Waals surface area (Å²) in [6, 6.07) is 9.24. The first kappa shape index (κ1) is 22.7. The molecule has 1 fully saturated rings. The number of nitrogens with one attached hydrogen (secondary N) is 1. The van der Waals surface area contributed by atoms with E-state index in [-0.39, 0.29) is 5.60 Å². The van der Waals surface area contributed by atoms with Gasteiger partial charge in [0.15, 0.2) is 0 Å². The van der Waals surface area contributed by atoms with Crippen LogP contribution in [-0.2, 0) is 14.8 Å². The number of methoxy groups -OCH3 is 1. The van der Waals surface area contributed by atoms with E-state index in [0.29, 0.717) is 9.23 Å². The molecule has 0 atom stereocenters. The second-order valence-corrected chi connectivity index (χ2v) is 12.3. The Kier molecular flexibility index (Phi) is 7.07. The van der Waals surface area contributed by atoms with Crippen LogP contribution in [0.2, 0.25) is 5.02 Å². The molecule has 2 heterocycles. The first-order chi connectivity index (χ1) is 13.7. The summed E-state index contributed by atoms with van der Waals surface area (Å²) in [6.45, 7) is 3.86. The maximum absolute atomic E-state index is 12.3. The number of benzene rings is 1. The highest BCUT2D eigenvalue weighted by molar-refractivity contribution is 8.02. The Morgan fingerprint density at radius 3 is 2.55 bits per heavy atom. The zero-order valence-electron chi connectivity index (χ0n) is 16.9. The van der Waals surface area contributed by atoms with Gasteiger partial charge in [0.2, 0.25) is 0 Å². The van der Waals surface area contributed by atoms with Crippen molar-refractivity contribution in [3.05, 3.63) is 35.4 Å². The van der Waals surface area contributed by atoms with Crippen molar-refractivity contribution in [1.82, 2.24) is 4.31 Å². The fourth-order valence-electron chi connectivity index (χ4n) is 3.11. The van der Waals surface area contributed by atoms with Crippen molar-refractivity contribution in [2.45, 2.75) is 33.8 Å². The fraction of sp³-hybridized carbons (Fsp3) is 0.474. The summed E-state index contributed by atoms with van der Waals surface area (Å²) in [6.07, 6.45) is 1.86. The Balaban J connectivity index is 1.75. The number of piperidine rings is 1. The van der Waals surface area contributed by atoms with Crippen molar-refractivity contribution in [2.24, 2.45) is 0 Å². The Labute approximate surface area is 186 Å². The molecule has 1 saturated heterocycles. The zero-order valence-corrected chi connectivity index (χ0v) is 20.1. The van der Waals surface area contributed by atoms with E-state index in [0.717, 1.165) is 41.5 Å². The molecule has 0 amide bonds. The lowest BCUT2D eigenvalue weighted by atomic mass is 9.93.